The summed E-state index contributed by atoms with van der Waals surface area (Å²) < 4.78 is 14.5. The van der Waals surface area contributed by atoms with E-state index in [0.717, 1.165) is 13.0 Å². The van der Waals surface area contributed by atoms with E-state index < -0.39 is 5.95 Å². The molecule has 0 atom stereocenters. The Balaban J connectivity index is 1.98. The molecular weight excluding hydrogens is 307 g/mol. The van der Waals surface area contributed by atoms with E-state index >= 15 is 0 Å². The van der Waals surface area contributed by atoms with Crippen LogP contribution in [0.3, 0.4) is 0 Å². The fourth-order valence-corrected chi connectivity index (χ4v) is 3.68. The molecular formula is C19H19FN2S. The molecule has 0 saturated carbocycles. The van der Waals surface area contributed by atoms with E-state index in [-0.39, 0.29) is 0 Å². The number of thiophene rings is 1. The molecule has 0 radical (unpaired) electrons. The maximum Gasteiger partial charge on any atom is 0.213 e. The van der Waals surface area contributed by atoms with Gasteiger partial charge in [0.05, 0.1) is 5.69 Å². The Bertz CT molecular complexity index is 836. The number of rotatable bonds is 5. The maximum atomic E-state index is 13.2. The number of hydrogen-bond acceptors (Lipinski definition) is 3. The molecule has 0 spiro atoms. The Morgan fingerprint density at radius 3 is 2.70 bits per heavy atom. The van der Waals surface area contributed by atoms with Gasteiger partial charge in [-0.15, -0.1) is 11.3 Å². The van der Waals surface area contributed by atoms with Crippen molar-refractivity contribution in [3.8, 4) is 0 Å². The third-order valence-electron chi connectivity index (χ3n) is 3.65. The minimum absolute atomic E-state index is 0.449. The van der Waals surface area contributed by atoms with Crippen LogP contribution in [0, 0.1) is 5.95 Å². The lowest BCUT2D eigenvalue weighted by atomic mass is 10.1. The van der Waals surface area contributed by atoms with Crippen LogP contribution in [0.1, 0.15) is 16.1 Å². The molecule has 2 aromatic heterocycles. The largest absolute Gasteiger partial charge is 0.309 e. The molecule has 2 heterocycles. The minimum Gasteiger partial charge on any atom is -0.309 e. The van der Waals surface area contributed by atoms with E-state index in [1.807, 2.05) is 23.5 Å². The Kier molecular flexibility index (Phi) is 4.84. The number of benzene rings is 1. The Morgan fingerprint density at radius 2 is 1.91 bits per heavy atom. The molecule has 1 aromatic carbocycles. The second kappa shape index (κ2) is 7.02. The minimum atomic E-state index is -0.449. The predicted octanol–water partition coefficient (Wildman–Crippen LogP) is 4.71. The van der Waals surface area contributed by atoms with Crippen LogP contribution in [-0.4, -0.2) is 30.5 Å². The first-order valence-corrected chi connectivity index (χ1v) is 8.41. The smallest absolute Gasteiger partial charge is 0.213 e. The maximum absolute atomic E-state index is 13.2. The van der Waals surface area contributed by atoms with Gasteiger partial charge in [0.15, 0.2) is 0 Å². The summed E-state index contributed by atoms with van der Waals surface area (Å²) in [6, 6.07) is 13.3. The zero-order valence-electron chi connectivity index (χ0n) is 13.3. The number of halogens is 1. The summed E-state index contributed by atoms with van der Waals surface area (Å²) in [5.41, 5.74) is 1.86. The van der Waals surface area contributed by atoms with Crippen molar-refractivity contribution >= 4 is 33.6 Å². The van der Waals surface area contributed by atoms with Crippen molar-refractivity contribution in [2.45, 2.75) is 6.42 Å². The highest BCUT2D eigenvalue weighted by molar-refractivity contribution is 7.19. The highest BCUT2D eigenvalue weighted by Crippen LogP contribution is 2.33. The third-order valence-corrected chi connectivity index (χ3v) is 4.90. The molecule has 23 heavy (non-hydrogen) atoms. The number of likely N-dealkylation sites (N-methyl/N-ethyl adjacent to an activating group) is 1. The van der Waals surface area contributed by atoms with Crippen molar-refractivity contribution in [3.05, 3.63) is 64.5 Å². The summed E-state index contributed by atoms with van der Waals surface area (Å²) in [6.45, 7) is 1.01. The van der Waals surface area contributed by atoms with Gasteiger partial charge in [-0.3, -0.25) is 0 Å². The Hall–Kier alpha value is -2.04. The van der Waals surface area contributed by atoms with Crippen LogP contribution >= 0.6 is 11.3 Å². The van der Waals surface area contributed by atoms with Crippen LogP contribution in [0.4, 0.5) is 4.39 Å². The summed E-state index contributed by atoms with van der Waals surface area (Å²) in [4.78, 5) is 7.44. The second-order valence-corrected chi connectivity index (χ2v) is 6.84. The standard InChI is InChI=1S/C19H19FN2S/c1-22(2)13-12-18-16(15-7-3-4-8-17(15)23-18)11-10-14-6-5-9-19(20)21-14/h3-11H,12-13H2,1-2H3. The van der Waals surface area contributed by atoms with Gasteiger partial charge in [-0.1, -0.05) is 30.3 Å². The lowest BCUT2D eigenvalue weighted by Gasteiger charge is -2.08. The summed E-state index contributed by atoms with van der Waals surface area (Å²) in [7, 11) is 4.17. The fourth-order valence-electron chi connectivity index (χ4n) is 2.50. The van der Waals surface area contributed by atoms with E-state index in [0.29, 0.717) is 5.69 Å². The van der Waals surface area contributed by atoms with Crippen LogP contribution in [0.2, 0.25) is 0 Å². The molecule has 0 fully saturated rings. The van der Waals surface area contributed by atoms with E-state index in [1.54, 1.807) is 6.07 Å². The molecule has 0 aliphatic carbocycles. The normalized spacial score (nSPS) is 11.8. The summed E-state index contributed by atoms with van der Waals surface area (Å²) in [5.74, 6) is -0.449. The zero-order valence-corrected chi connectivity index (χ0v) is 14.1. The first-order chi connectivity index (χ1) is 11.1. The first-order valence-electron chi connectivity index (χ1n) is 7.59. The second-order valence-electron chi connectivity index (χ2n) is 5.71. The molecule has 3 rings (SSSR count). The van der Waals surface area contributed by atoms with Gasteiger partial charge >= 0.3 is 0 Å². The number of fused-ring (bicyclic) bond motifs is 1. The van der Waals surface area contributed by atoms with Crippen LogP contribution in [-0.2, 0) is 6.42 Å². The topological polar surface area (TPSA) is 16.1 Å². The van der Waals surface area contributed by atoms with E-state index in [2.05, 4.69) is 54.3 Å². The lowest BCUT2D eigenvalue weighted by molar-refractivity contribution is 0.415. The van der Waals surface area contributed by atoms with Gasteiger partial charge in [-0.2, -0.15) is 4.39 Å². The molecule has 4 heteroatoms. The average molecular weight is 326 g/mol. The van der Waals surface area contributed by atoms with Gasteiger partial charge in [-0.05, 0) is 55.7 Å². The molecule has 118 valence electrons. The van der Waals surface area contributed by atoms with E-state index in [4.69, 9.17) is 0 Å². The van der Waals surface area contributed by atoms with Crippen molar-refractivity contribution in [2.24, 2.45) is 0 Å². The Morgan fingerprint density at radius 1 is 1.09 bits per heavy atom. The highest BCUT2D eigenvalue weighted by atomic mass is 32.1. The molecule has 0 saturated heterocycles. The predicted molar refractivity (Wildman–Crippen MR) is 97.2 cm³/mol. The van der Waals surface area contributed by atoms with Crippen molar-refractivity contribution in [2.75, 3.05) is 20.6 Å². The molecule has 0 unspecified atom stereocenters. The van der Waals surface area contributed by atoms with Crippen LogP contribution < -0.4 is 0 Å². The number of nitrogens with zero attached hydrogens (tertiary/aromatic N) is 2. The molecule has 0 bridgehead atoms. The van der Waals surface area contributed by atoms with Crippen LogP contribution in [0.5, 0.6) is 0 Å². The van der Waals surface area contributed by atoms with Crippen LogP contribution in [0.15, 0.2) is 42.5 Å². The number of pyridine rings is 1. The highest BCUT2D eigenvalue weighted by Gasteiger charge is 2.10. The first kappa shape index (κ1) is 15.8. The monoisotopic (exact) mass is 326 g/mol. The molecule has 0 amide bonds. The van der Waals surface area contributed by atoms with Crippen molar-refractivity contribution in [1.82, 2.24) is 9.88 Å². The lowest BCUT2D eigenvalue weighted by Crippen LogP contribution is -2.14. The third kappa shape index (κ3) is 3.84. The molecule has 0 aliphatic heterocycles. The van der Waals surface area contributed by atoms with Gasteiger partial charge in [0.25, 0.3) is 0 Å². The SMILES string of the molecule is CN(C)CCc1sc2ccccc2c1C=Cc1cccc(F)n1. The van der Waals surface area contributed by atoms with Gasteiger partial charge in [0.1, 0.15) is 0 Å². The Labute approximate surface area is 139 Å². The van der Waals surface area contributed by atoms with Gasteiger partial charge in [-0.25, -0.2) is 4.98 Å². The molecule has 0 aliphatic rings. The van der Waals surface area contributed by atoms with Crippen molar-refractivity contribution in [1.29, 1.82) is 0 Å². The zero-order chi connectivity index (χ0) is 16.2. The van der Waals surface area contributed by atoms with E-state index in [1.165, 1.54) is 26.6 Å². The van der Waals surface area contributed by atoms with Crippen molar-refractivity contribution in [3.63, 3.8) is 0 Å². The quantitative estimate of drug-likeness (QED) is 0.631. The molecule has 2 nitrogen and oxygen atoms in total. The van der Waals surface area contributed by atoms with Crippen LogP contribution in [0.25, 0.3) is 22.2 Å². The summed E-state index contributed by atoms with van der Waals surface area (Å²) in [6.07, 6.45) is 4.95. The molecule has 3 aromatic rings. The van der Waals surface area contributed by atoms with Gasteiger partial charge in [0.2, 0.25) is 5.95 Å². The summed E-state index contributed by atoms with van der Waals surface area (Å²) >= 11 is 1.83. The van der Waals surface area contributed by atoms with Gasteiger partial charge < -0.3 is 4.90 Å². The summed E-state index contributed by atoms with van der Waals surface area (Å²) in [5, 5.41) is 1.25. The number of aromatic nitrogens is 1. The average Bonchev–Trinajstić information content (AvgIpc) is 2.89. The number of hydrogen-bond donors (Lipinski definition) is 0. The fraction of sp³-hybridized carbons (Fsp3) is 0.211. The van der Waals surface area contributed by atoms with E-state index in [9.17, 15) is 4.39 Å². The van der Waals surface area contributed by atoms with Crippen molar-refractivity contribution < 1.29 is 4.39 Å². The van der Waals surface area contributed by atoms with Gasteiger partial charge in [0, 0.05) is 16.1 Å². The molecule has 0 N–H and O–H groups in total.